The molecule has 1 spiro atoms. The summed E-state index contributed by atoms with van der Waals surface area (Å²) < 4.78 is 12.7. The van der Waals surface area contributed by atoms with E-state index in [1.54, 1.807) is 40.6 Å². The molecule has 12 nitrogen and oxygen atoms in total. The number of aliphatic hydroxyl groups is 3. The Balaban J connectivity index is 1.58. The first kappa shape index (κ1) is 39.9. The van der Waals surface area contributed by atoms with Crippen molar-refractivity contribution in [1.82, 2.24) is 16.0 Å². The molecule has 0 amide bonds. The molecule has 1 aliphatic carbocycles. The van der Waals surface area contributed by atoms with Gasteiger partial charge in [0.25, 0.3) is 0 Å². The first-order valence-corrected chi connectivity index (χ1v) is 21.3. The highest BCUT2D eigenvalue weighted by atomic mass is 33.1. The van der Waals surface area contributed by atoms with Gasteiger partial charge in [0.05, 0.1) is 36.0 Å². The summed E-state index contributed by atoms with van der Waals surface area (Å²) in [6, 6.07) is 3.36. The van der Waals surface area contributed by atoms with Crippen LogP contribution in [0.1, 0.15) is 69.9 Å². The van der Waals surface area contributed by atoms with Gasteiger partial charge in [-0.2, -0.15) is 0 Å². The minimum absolute atomic E-state index is 0.0236. The zero-order chi connectivity index (χ0) is 37.6. The summed E-state index contributed by atoms with van der Waals surface area (Å²) in [4.78, 5) is 17.4. The van der Waals surface area contributed by atoms with Crippen molar-refractivity contribution in [2.75, 3.05) is 38.5 Å². The van der Waals surface area contributed by atoms with Crippen LogP contribution in [0.15, 0.2) is 17.1 Å². The predicted octanol–water partition coefficient (Wildman–Crippen LogP) is 2.06. The number of ether oxygens (including phenoxy) is 2. The zero-order valence-corrected chi connectivity index (χ0v) is 32.4. The molecule has 9 N–H and O–H groups in total. The van der Waals surface area contributed by atoms with Gasteiger partial charge in [-0.05, 0) is 75.3 Å². The van der Waals surface area contributed by atoms with Crippen LogP contribution < -0.4 is 26.4 Å². The third kappa shape index (κ3) is 10.1. The van der Waals surface area contributed by atoms with E-state index in [0.29, 0.717) is 69.5 Å². The van der Waals surface area contributed by atoms with Gasteiger partial charge < -0.3 is 51.6 Å². The van der Waals surface area contributed by atoms with Crippen LogP contribution >= 0.6 is 21.6 Å². The number of rotatable bonds is 3. The molecule has 0 aromatic heterocycles. The summed E-state index contributed by atoms with van der Waals surface area (Å²) in [7, 11) is 3.47. The average molecular weight is 770 g/mol. The van der Waals surface area contributed by atoms with Crippen molar-refractivity contribution in [3.8, 4) is 35.2 Å². The zero-order valence-electron chi connectivity index (χ0n) is 30.7. The predicted molar refractivity (Wildman–Crippen MR) is 208 cm³/mol. The van der Waals surface area contributed by atoms with E-state index in [4.69, 9.17) is 15.2 Å². The van der Waals surface area contributed by atoms with Gasteiger partial charge in [-0.25, -0.2) is 0 Å². The first-order chi connectivity index (χ1) is 25.5. The standard InChI is InChI=1S/C39H55N5O7S2/c1-24(46)38-8-5-27-13-26-3-4-32(53-52-12-11-42-37(40)43-22-38)20-41-23-39(18-26)19-31(7-10-44-39)51-36-16-28(29(21-45)15-34(36)49)14-33(27)35(50-25(2)47)17-30(48)6-9-38/h15-16,24,26-27,30-33,35,41,44-46,48-49H,6-7,9-14,17-23H2,1-2H3,(H3,40,42,43)/t24-,26-,27-,30-,31-,32+,33+,35-,38+,39-/m0/s1. The molecule has 290 valence electrons. The van der Waals surface area contributed by atoms with Gasteiger partial charge in [0.15, 0.2) is 17.5 Å². The number of aliphatic hydroxyl groups excluding tert-OH is 3. The van der Waals surface area contributed by atoms with Gasteiger partial charge in [-0.15, -0.1) is 0 Å². The number of hydrogen-bond acceptors (Lipinski definition) is 14. The number of carbonyl (C=O) groups is 1. The number of nitrogens with two attached hydrogens (primary N) is 1. The fourth-order valence-electron chi connectivity index (χ4n) is 8.53. The minimum Gasteiger partial charge on any atom is -0.504 e. The Labute approximate surface area is 321 Å². The third-order valence-electron chi connectivity index (χ3n) is 11.5. The number of aliphatic imine (C=N–C) groups is 1. The van der Waals surface area contributed by atoms with Crippen molar-refractivity contribution in [1.29, 1.82) is 0 Å². The molecule has 53 heavy (non-hydrogen) atoms. The van der Waals surface area contributed by atoms with Gasteiger partial charge in [-0.1, -0.05) is 45.3 Å². The highest BCUT2D eigenvalue weighted by Gasteiger charge is 2.43. The number of esters is 1. The number of phenolic OH excluding ortho intramolecular Hbond substituents is 1. The maximum absolute atomic E-state index is 12.8. The number of piperidine rings is 1. The van der Waals surface area contributed by atoms with Crippen molar-refractivity contribution in [2.45, 2.75) is 107 Å². The van der Waals surface area contributed by atoms with E-state index in [0.717, 1.165) is 24.3 Å². The highest BCUT2D eigenvalue weighted by molar-refractivity contribution is 8.77. The van der Waals surface area contributed by atoms with E-state index in [1.165, 1.54) is 6.92 Å². The Morgan fingerprint density at radius 3 is 2.85 bits per heavy atom. The molecule has 1 saturated heterocycles. The van der Waals surface area contributed by atoms with Crippen LogP contribution in [-0.2, 0) is 22.6 Å². The van der Waals surface area contributed by atoms with Crippen LogP contribution in [0.4, 0.5) is 0 Å². The summed E-state index contributed by atoms with van der Waals surface area (Å²) in [5.41, 5.74) is 6.22. The SMILES string of the molecule is CC(=O)O[C@H]1C[C@@H](O)CC[C@]2([C@H](C)O)C#C[C@H]3C[C@@H]4C#C[C@H](CNC[C@]5(C4)C[C@H](CCN5)Oc4cc(c(CO)cc4O)C[C@@H]13)SSCCNC(N)=NC2. The van der Waals surface area contributed by atoms with Gasteiger partial charge in [0, 0.05) is 68.4 Å². The van der Waals surface area contributed by atoms with Crippen LogP contribution in [-0.4, -0.2) is 106 Å². The molecule has 8 bridgehead atoms. The lowest BCUT2D eigenvalue weighted by Gasteiger charge is -2.43. The lowest BCUT2D eigenvalue weighted by atomic mass is 9.70. The third-order valence-corrected chi connectivity index (χ3v) is 14.1. The molecule has 10 atom stereocenters. The monoisotopic (exact) mass is 769 g/mol. The van der Waals surface area contributed by atoms with Crippen LogP contribution in [0.2, 0.25) is 0 Å². The maximum atomic E-state index is 12.8. The Hall–Kier alpha value is -2.82. The molecule has 1 aromatic rings. The number of guanidine groups is 1. The van der Waals surface area contributed by atoms with E-state index >= 15 is 0 Å². The molecule has 5 aliphatic rings. The number of benzene rings is 1. The average Bonchev–Trinajstić information content (AvgIpc) is 3.18. The van der Waals surface area contributed by atoms with Gasteiger partial charge >= 0.3 is 5.97 Å². The molecule has 0 saturated carbocycles. The quantitative estimate of drug-likeness (QED) is 0.127. The Kier molecular flexibility index (Phi) is 13.4. The number of fused-ring (bicyclic) bond motifs is 5. The highest BCUT2D eigenvalue weighted by Crippen LogP contribution is 2.42. The van der Waals surface area contributed by atoms with Gasteiger partial charge in [0.1, 0.15) is 12.2 Å². The van der Waals surface area contributed by atoms with Crippen LogP contribution in [0, 0.1) is 46.9 Å². The van der Waals surface area contributed by atoms with Crippen molar-refractivity contribution in [3.63, 3.8) is 0 Å². The summed E-state index contributed by atoms with van der Waals surface area (Å²) in [6.45, 7) is 5.63. The largest absolute Gasteiger partial charge is 0.504 e. The molecular formula is C39H55N5O7S2. The summed E-state index contributed by atoms with van der Waals surface area (Å²) >= 11 is 0. The Bertz CT molecular complexity index is 1620. The summed E-state index contributed by atoms with van der Waals surface area (Å²) in [6.07, 6.45) is 1.16. The second-order valence-electron chi connectivity index (χ2n) is 15.4. The normalized spacial score (nSPS) is 35.6. The number of aromatic hydroxyl groups is 1. The number of nitrogens with one attached hydrogen (secondary N) is 3. The first-order valence-electron chi connectivity index (χ1n) is 18.9. The van der Waals surface area contributed by atoms with Crippen molar-refractivity contribution in [2.24, 2.45) is 33.9 Å². The summed E-state index contributed by atoms with van der Waals surface area (Å²) in [5.74, 6) is 14.4. The molecule has 14 heteroatoms. The van der Waals surface area contributed by atoms with E-state index in [-0.39, 0.29) is 54.1 Å². The molecule has 4 heterocycles. The van der Waals surface area contributed by atoms with E-state index in [9.17, 15) is 25.2 Å². The molecular weight excluding hydrogens is 715 g/mol. The number of carbonyl (C=O) groups excluding carboxylic acids is 1. The lowest BCUT2D eigenvalue weighted by Crippen LogP contribution is -2.59. The Morgan fingerprint density at radius 2 is 2.06 bits per heavy atom. The molecule has 0 unspecified atom stereocenters. The van der Waals surface area contributed by atoms with Crippen LogP contribution in [0.5, 0.6) is 11.5 Å². The molecule has 6 rings (SSSR count). The van der Waals surface area contributed by atoms with Crippen LogP contribution in [0.25, 0.3) is 0 Å². The lowest BCUT2D eigenvalue weighted by molar-refractivity contribution is -0.152. The molecule has 4 aliphatic heterocycles. The second kappa shape index (κ2) is 17.8. The van der Waals surface area contributed by atoms with Gasteiger partial charge in [-0.3, -0.25) is 9.79 Å². The van der Waals surface area contributed by atoms with E-state index < -0.39 is 41.5 Å². The number of nitrogens with zero attached hydrogens (tertiary/aromatic N) is 1. The van der Waals surface area contributed by atoms with E-state index in [1.807, 2.05) is 0 Å². The van der Waals surface area contributed by atoms with Crippen molar-refractivity contribution in [3.05, 3.63) is 23.3 Å². The fraction of sp³-hybridized carbons (Fsp3) is 0.692. The van der Waals surface area contributed by atoms with Gasteiger partial charge in [0.2, 0.25) is 0 Å². The number of hydrogen-bond donors (Lipinski definition) is 8. The van der Waals surface area contributed by atoms with E-state index in [2.05, 4.69) is 44.6 Å². The summed E-state index contributed by atoms with van der Waals surface area (Å²) in [5, 5.41) is 55.5. The second-order valence-corrected chi connectivity index (χ2v) is 18.1. The van der Waals surface area contributed by atoms with Crippen LogP contribution in [0.3, 0.4) is 0 Å². The van der Waals surface area contributed by atoms with Crippen molar-refractivity contribution < 1.29 is 34.7 Å². The molecule has 1 fully saturated rings. The topological polar surface area (TPSA) is 191 Å². The molecule has 0 radical (unpaired) electrons. The number of phenols is 1. The smallest absolute Gasteiger partial charge is 0.302 e. The van der Waals surface area contributed by atoms with Crippen molar-refractivity contribution >= 4 is 33.5 Å². The maximum Gasteiger partial charge on any atom is 0.302 e. The fourth-order valence-corrected chi connectivity index (χ4v) is 10.7. The minimum atomic E-state index is -1.01. The Morgan fingerprint density at radius 1 is 1.21 bits per heavy atom. The molecule has 1 aromatic carbocycles.